The van der Waals surface area contributed by atoms with E-state index in [9.17, 15) is 13.2 Å². The number of hydrogen-bond donors (Lipinski definition) is 1. The maximum Gasteiger partial charge on any atom is 0.417 e. The molecule has 2 aromatic rings. The Labute approximate surface area is 110 Å². The minimum absolute atomic E-state index is 0.00250. The van der Waals surface area contributed by atoms with Gasteiger partial charge in [-0.05, 0) is 12.1 Å². The van der Waals surface area contributed by atoms with Gasteiger partial charge >= 0.3 is 6.18 Å². The highest BCUT2D eigenvalue weighted by Crippen LogP contribution is 2.40. The predicted octanol–water partition coefficient (Wildman–Crippen LogP) is 3.45. The van der Waals surface area contributed by atoms with E-state index in [-0.39, 0.29) is 11.3 Å². The van der Waals surface area contributed by atoms with Crippen molar-refractivity contribution >= 4 is 21.7 Å². The van der Waals surface area contributed by atoms with Crippen molar-refractivity contribution in [2.45, 2.75) is 6.18 Å². The standard InChI is InChI=1S/C11H9BrF3N3/c1-18-9(16)5-8(17-18)10-6(11(13,14)15)3-2-4-7(10)12/h2-5H,16H2,1H3. The monoisotopic (exact) mass is 319 g/mol. The Hall–Kier alpha value is -1.50. The summed E-state index contributed by atoms with van der Waals surface area (Å²) in [6.07, 6.45) is -4.44. The van der Waals surface area contributed by atoms with Gasteiger partial charge in [-0.2, -0.15) is 18.3 Å². The fourth-order valence-corrected chi connectivity index (χ4v) is 2.19. The zero-order valence-electron chi connectivity index (χ0n) is 9.29. The van der Waals surface area contributed by atoms with Crippen LogP contribution in [0.2, 0.25) is 0 Å². The van der Waals surface area contributed by atoms with E-state index in [2.05, 4.69) is 21.0 Å². The van der Waals surface area contributed by atoms with Crippen LogP contribution in [0.4, 0.5) is 19.0 Å². The lowest BCUT2D eigenvalue weighted by Crippen LogP contribution is -2.07. The molecule has 0 atom stereocenters. The Morgan fingerprint density at radius 1 is 1.33 bits per heavy atom. The summed E-state index contributed by atoms with van der Waals surface area (Å²) in [5, 5.41) is 3.98. The molecule has 0 amide bonds. The third-order valence-corrected chi connectivity index (χ3v) is 3.15. The quantitative estimate of drug-likeness (QED) is 0.875. The SMILES string of the molecule is Cn1nc(-c2c(Br)cccc2C(F)(F)F)cc1N. The van der Waals surface area contributed by atoms with Crippen molar-refractivity contribution in [2.75, 3.05) is 5.73 Å². The number of aromatic nitrogens is 2. The van der Waals surface area contributed by atoms with Gasteiger partial charge in [0, 0.05) is 23.2 Å². The van der Waals surface area contributed by atoms with Crippen molar-refractivity contribution in [3.8, 4) is 11.3 Å². The Balaban J connectivity index is 2.70. The van der Waals surface area contributed by atoms with Crippen molar-refractivity contribution in [1.29, 1.82) is 0 Å². The molecule has 0 aliphatic carbocycles. The molecule has 0 bridgehead atoms. The maximum atomic E-state index is 12.9. The molecule has 18 heavy (non-hydrogen) atoms. The molecule has 1 aromatic heterocycles. The first-order valence-corrected chi connectivity index (χ1v) is 5.75. The van der Waals surface area contributed by atoms with Crippen LogP contribution in [0, 0.1) is 0 Å². The van der Waals surface area contributed by atoms with E-state index in [0.29, 0.717) is 10.3 Å². The number of halogens is 4. The van der Waals surface area contributed by atoms with Crippen molar-refractivity contribution in [3.63, 3.8) is 0 Å². The van der Waals surface area contributed by atoms with Crippen molar-refractivity contribution in [3.05, 3.63) is 34.3 Å². The lowest BCUT2D eigenvalue weighted by molar-refractivity contribution is -0.137. The summed E-state index contributed by atoms with van der Waals surface area (Å²) in [5.74, 6) is 0.300. The first kappa shape index (κ1) is 12.9. The Morgan fingerprint density at radius 3 is 2.50 bits per heavy atom. The van der Waals surface area contributed by atoms with Gasteiger partial charge < -0.3 is 5.73 Å². The molecule has 1 aromatic carbocycles. The van der Waals surface area contributed by atoms with Gasteiger partial charge in [-0.3, -0.25) is 4.68 Å². The first-order chi connectivity index (χ1) is 8.30. The second-order valence-corrected chi connectivity index (χ2v) is 4.59. The molecule has 2 rings (SSSR count). The highest BCUT2D eigenvalue weighted by molar-refractivity contribution is 9.10. The molecule has 2 N–H and O–H groups in total. The van der Waals surface area contributed by atoms with E-state index in [4.69, 9.17) is 5.73 Å². The number of nitrogens with zero attached hydrogens (tertiary/aromatic N) is 2. The summed E-state index contributed by atoms with van der Waals surface area (Å²) in [7, 11) is 1.57. The average Bonchev–Trinajstić information content (AvgIpc) is 2.57. The van der Waals surface area contributed by atoms with Crippen LogP contribution in [-0.2, 0) is 13.2 Å². The minimum Gasteiger partial charge on any atom is -0.384 e. The number of nitrogen functional groups attached to an aromatic ring is 1. The third kappa shape index (κ3) is 2.22. The molecule has 7 heteroatoms. The normalized spacial score (nSPS) is 11.8. The fourth-order valence-electron chi connectivity index (χ4n) is 1.62. The predicted molar refractivity (Wildman–Crippen MR) is 65.8 cm³/mol. The van der Waals surface area contributed by atoms with Gasteiger partial charge in [0.25, 0.3) is 0 Å². The number of benzene rings is 1. The van der Waals surface area contributed by atoms with Gasteiger partial charge in [0.15, 0.2) is 0 Å². The number of aryl methyl sites for hydroxylation is 1. The average molecular weight is 320 g/mol. The topological polar surface area (TPSA) is 43.8 Å². The van der Waals surface area contributed by atoms with Crippen LogP contribution in [-0.4, -0.2) is 9.78 Å². The summed E-state index contributed by atoms with van der Waals surface area (Å²) in [6.45, 7) is 0. The van der Waals surface area contributed by atoms with Crippen LogP contribution < -0.4 is 5.73 Å². The lowest BCUT2D eigenvalue weighted by Gasteiger charge is -2.12. The van der Waals surface area contributed by atoms with E-state index in [0.717, 1.165) is 6.07 Å². The number of rotatable bonds is 1. The van der Waals surface area contributed by atoms with Crippen molar-refractivity contribution in [2.24, 2.45) is 7.05 Å². The third-order valence-electron chi connectivity index (χ3n) is 2.49. The van der Waals surface area contributed by atoms with Crippen LogP contribution in [0.1, 0.15) is 5.56 Å². The second kappa shape index (κ2) is 4.31. The zero-order chi connectivity index (χ0) is 13.5. The largest absolute Gasteiger partial charge is 0.417 e. The zero-order valence-corrected chi connectivity index (χ0v) is 10.9. The number of hydrogen-bond acceptors (Lipinski definition) is 2. The van der Waals surface area contributed by atoms with E-state index >= 15 is 0 Å². The van der Waals surface area contributed by atoms with Crippen molar-refractivity contribution in [1.82, 2.24) is 9.78 Å². The van der Waals surface area contributed by atoms with Gasteiger partial charge in [0.1, 0.15) is 5.82 Å². The van der Waals surface area contributed by atoms with Crippen molar-refractivity contribution < 1.29 is 13.2 Å². The Kier molecular flexibility index (Phi) is 3.10. The molecular weight excluding hydrogens is 311 g/mol. The van der Waals surface area contributed by atoms with Gasteiger partial charge in [-0.1, -0.05) is 22.0 Å². The van der Waals surface area contributed by atoms with Crippen LogP contribution in [0.5, 0.6) is 0 Å². The molecule has 0 unspecified atom stereocenters. The Bertz CT molecular complexity index is 570. The summed E-state index contributed by atoms with van der Waals surface area (Å²) in [5.41, 5.74) is 5.04. The molecule has 0 fully saturated rings. The molecule has 3 nitrogen and oxygen atoms in total. The molecule has 96 valence electrons. The summed E-state index contributed by atoms with van der Waals surface area (Å²) in [4.78, 5) is 0. The van der Waals surface area contributed by atoms with E-state index in [1.165, 1.54) is 22.9 Å². The van der Waals surface area contributed by atoms with Crippen LogP contribution in [0.3, 0.4) is 0 Å². The number of anilines is 1. The lowest BCUT2D eigenvalue weighted by atomic mass is 10.0. The number of alkyl halides is 3. The van der Waals surface area contributed by atoms with E-state index in [1.54, 1.807) is 7.05 Å². The van der Waals surface area contributed by atoms with Gasteiger partial charge in [0.05, 0.1) is 11.3 Å². The fraction of sp³-hybridized carbons (Fsp3) is 0.182. The van der Waals surface area contributed by atoms with Gasteiger partial charge in [0.2, 0.25) is 0 Å². The Morgan fingerprint density at radius 2 is 2.00 bits per heavy atom. The maximum absolute atomic E-state index is 12.9. The molecule has 0 spiro atoms. The molecule has 0 saturated carbocycles. The summed E-state index contributed by atoms with van der Waals surface area (Å²) in [6, 6.07) is 5.30. The molecule has 0 saturated heterocycles. The van der Waals surface area contributed by atoms with Gasteiger partial charge in [-0.25, -0.2) is 0 Å². The molecule has 1 heterocycles. The molecule has 0 aliphatic rings. The van der Waals surface area contributed by atoms with Gasteiger partial charge in [-0.15, -0.1) is 0 Å². The minimum atomic E-state index is -4.44. The smallest absolute Gasteiger partial charge is 0.384 e. The van der Waals surface area contributed by atoms with Crippen LogP contribution in [0.25, 0.3) is 11.3 Å². The highest BCUT2D eigenvalue weighted by atomic mass is 79.9. The van der Waals surface area contributed by atoms with E-state index < -0.39 is 11.7 Å². The summed E-state index contributed by atoms with van der Waals surface area (Å²) >= 11 is 3.12. The van der Waals surface area contributed by atoms with Crippen LogP contribution >= 0.6 is 15.9 Å². The molecule has 0 aliphatic heterocycles. The van der Waals surface area contributed by atoms with E-state index in [1.807, 2.05) is 0 Å². The number of nitrogens with two attached hydrogens (primary N) is 1. The second-order valence-electron chi connectivity index (χ2n) is 3.74. The highest BCUT2D eigenvalue weighted by Gasteiger charge is 2.35. The molecular formula is C11H9BrF3N3. The first-order valence-electron chi connectivity index (χ1n) is 4.96. The van der Waals surface area contributed by atoms with Crippen LogP contribution in [0.15, 0.2) is 28.7 Å². The molecule has 0 radical (unpaired) electrons. The summed E-state index contributed by atoms with van der Waals surface area (Å²) < 4.78 is 40.5.